The monoisotopic (exact) mass is 681 g/mol. The second kappa shape index (κ2) is 19.3. The highest BCUT2D eigenvalue weighted by Gasteiger charge is 2.28. The molecule has 16 nitrogen and oxygen atoms in total. The Kier molecular flexibility index (Phi) is 15.6. The van der Waals surface area contributed by atoms with E-state index in [9.17, 15) is 29.4 Å². The number of nitrogens with one attached hydrogen (secondary N) is 3. The number of carboxylic acid groups (broad SMARTS) is 1. The van der Waals surface area contributed by atoms with Crippen LogP contribution in [0, 0.1) is 0 Å². The first-order valence-corrected chi connectivity index (χ1v) is 15.6. The lowest BCUT2D eigenvalue weighted by Crippen LogP contribution is -2.55. The molecule has 0 bridgehead atoms. The first kappa shape index (κ1) is 38.8. The lowest BCUT2D eigenvalue weighted by atomic mass is 10.0. The average Bonchev–Trinajstić information content (AvgIpc) is 3.01. The number of aromatic hydroxyl groups is 1. The number of aliphatic carboxylic acids is 1. The van der Waals surface area contributed by atoms with Crippen molar-refractivity contribution in [3.63, 3.8) is 0 Å². The SMILES string of the molecule is N[C@@H](Cc1ccccc1)C(=O)N[C@@H](Cc1ccccc1)C(=O)N[C@@H](Cc1ccc(O)cc1)C(=O)O.Nc1ccnc(=O)[nH]1.O=P([O-])([O-])[O-]. The van der Waals surface area contributed by atoms with E-state index in [1.54, 1.807) is 12.1 Å². The Balaban J connectivity index is 0.000000513. The molecule has 48 heavy (non-hydrogen) atoms. The Morgan fingerprint density at radius 3 is 1.69 bits per heavy atom. The van der Waals surface area contributed by atoms with Crippen LogP contribution in [0.2, 0.25) is 0 Å². The number of benzene rings is 3. The molecule has 4 rings (SSSR count). The van der Waals surface area contributed by atoms with E-state index in [0.29, 0.717) is 17.8 Å². The summed E-state index contributed by atoms with van der Waals surface area (Å²) in [6.07, 6.45) is 1.84. The van der Waals surface area contributed by atoms with Crippen LogP contribution in [0.5, 0.6) is 5.75 Å². The van der Waals surface area contributed by atoms with Crippen LogP contribution in [0.3, 0.4) is 0 Å². The molecule has 3 aromatic carbocycles. The standard InChI is InChI=1S/C27H29N3O5.C4H5N3O.H3O4P/c28-22(15-18-7-3-1-4-8-18)25(32)29-23(16-19-9-5-2-6-10-19)26(33)30-24(27(34)35)17-20-11-13-21(31)14-12-20;5-3-1-2-6-4(8)7-3;1-5(2,3)4/h1-14,22-24,31H,15-17,28H2,(H,29,32)(H,30,33)(H,34,35);1-2H,(H3,5,6,7,8);(H3,1,2,3,4)/p-3/t22-,23-,24-;;/m0../s1. The number of hydrogen-bond acceptors (Lipinski definition) is 12. The molecule has 17 heteroatoms. The smallest absolute Gasteiger partial charge is 0.346 e. The molecule has 0 unspecified atom stereocenters. The Morgan fingerprint density at radius 1 is 0.771 bits per heavy atom. The van der Waals surface area contributed by atoms with Gasteiger partial charge in [0.15, 0.2) is 0 Å². The fourth-order valence-electron chi connectivity index (χ4n) is 4.02. The van der Waals surface area contributed by atoms with Gasteiger partial charge < -0.3 is 51.6 Å². The number of carboxylic acids is 1. The second-order valence-corrected chi connectivity index (χ2v) is 11.0. The number of phosphoric acid groups is 1. The number of phenols is 1. The molecule has 0 spiro atoms. The van der Waals surface area contributed by atoms with Crippen molar-refractivity contribution in [1.29, 1.82) is 0 Å². The van der Waals surface area contributed by atoms with Gasteiger partial charge in [0.25, 0.3) is 0 Å². The number of carbonyl (C=O) groups excluding carboxylic acids is 2. The Bertz CT molecular complexity index is 1690. The molecular weight excluding hydrogens is 647 g/mol. The van der Waals surface area contributed by atoms with Crippen molar-refractivity contribution in [2.24, 2.45) is 5.73 Å². The van der Waals surface area contributed by atoms with Crippen molar-refractivity contribution in [2.75, 3.05) is 5.73 Å². The summed E-state index contributed by atoms with van der Waals surface area (Å²) in [5.41, 5.74) is 13.2. The number of hydrogen-bond donors (Lipinski definition) is 7. The maximum absolute atomic E-state index is 13.2. The number of aromatic nitrogens is 2. The van der Waals surface area contributed by atoms with Gasteiger partial charge in [-0.25, -0.2) is 14.6 Å². The molecule has 0 aliphatic rings. The van der Waals surface area contributed by atoms with Crippen molar-refractivity contribution in [2.45, 2.75) is 37.4 Å². The van der Waals surface area contributed by atoms with E-state index in [1.165, 1.54) is 24.4 Å². The van der Waals surface area contributed by atoms with E-state index in [2.05, 4.69) is 20.6 Å². The van der Waals surface area contributed by atoms with Crippen LogP contribution in [-0.2, 0) is 38.2 Å². The van der Waals surface area contributed by atoms with E-state index in [0.717, 1.165) is 11.1 Å². The zero-order valence-corrected chi connectivity index (χ0v) is 26.2. The van der Waals surface area contributed by atoms with Crippen molar-refractivity contribution < 1.29 is 43.8 Å². The molecule has 3 atom stereocenters. The topological polar surface area (TPSA) is 300 Å². The zero-order chi connectivity index (χ0) is 35.7. The minimum atomic E-state index is -5.39. The lowest BCUT2D eigenvalue weighted by molar-refractivity contribution is -0.432. The molecular formula is C31H34N6O10P-3. The van der Waals surface area contributed by atoms with Crippen LogP contribution in [-0.4, -0.2) is 56.1 Å². The van der Waals surface area contributed by atoms with Crippen LogP contribution in [0.1, 0.15) is 16.7 Å². The van der Waals surface area contributed by atoms with Crippen molar-refractivity contribution in [3.05, 3.63) is 124 Å². The number of aromatic amines is 1. The Hall–Kier alpha value is -5.38. The summed E-state index contributed by atoms with van der Waals surface area (Å²) in [5.74, 6) is -1.94. The summed E-state index contributed by atoms with van der Waals surface area (Å²) in [6.45, 7) is 0. The third-order valence-electron chi connectivity index (χ3n) is 6.24. The van der Waals surface area contributed by atoms with Crippen LogP contribution in [0.15, 0.2) is 102 Å². The summed E-state index contributed by atoms with van der Waals surface area (Å²) in [5, 5.41) is 24.4. The summed E-state index contributed by atoms with van der Waals surface area (Å²) >= 11 is 0. The molecule has 4 aromatic rings. The number of anilines is 1. The average molecular weight is 682 g/mol. The van der Waals surface area contributed by atoms with Gasteiger partial charge in [-0.3, -0.25) is 14.6 Å². The van der Waals surface area contributed by atoms with Crippen molar-refractivity contribution in [3.8, 4) is 5.75 Å². The highest BCUT2D eigenvalue weighted by atomic mass is 31.2. The maximum atomic E-state index is 13.2. The molecule has 0 aliphatic heterocycles. The molecule has 9 N–H and O–H groups in total. The fourth-order valence-corrected chi connectivity index (χ4v) is 4.02. The predicted octanol–water partition coefficient (Wildman–Crippen LogP) is -1.67. The summed E-state index contributed by atoms with van der Waals surface area (Å²) in [4.78, 5) is 79.4. The highest BCUT2D eigenvalue weighted by Crippen LogP contribution is 2.12. The molecule has 256 valence electrons. The molecule has 0 fully saturated rings. The molecule has 0 radical (unpaired) electrons. The van der Waals surface area contributed by atoms with E-state index in [4.69, 9.17) is 30.7 Å². The van der Waals surface area contributed by atoms with Gasteiger partial charge in [-0.05, 0) is 41.3 Å². The largest absolute Gasteiger partial charge is 0.822 e. The molecule has 0 saturated carbocycles. The van der Waals surface area contributed by atoms with Gasteiger partial charge in [-0.1, -0.05) is 72.8 Å². The Morgan fingerprint density at radius 2 is 1.23 bits per heavy atom. The highest BCUT2D eigenvalue weighted by molar-refractivity contribution is 7.40. The van der Waals surface area contributed by atoms with Crippen molar-refractivity contribution in [1.82, 2.24) is 20.6 Å². The number of phenolic OH excluding ortho intramolecular Hbond substituents is 1. The van der Waals surface area contributed by atoms with E-state index >= 15 is 0 Å². The molecule has 2 amide bonds. The number of nitrogens with zero attached hydrogens (tertiary/aromatic N) is 1. The molecule has 0 aliphatic carbocycles. The van der Waals surface area contributed by atoms with Crippen LogP contribution >= 0.6 is 7.82 Å². The summed E-state index contributed by atoms with van der Waals surface area (Å²) in [6, 6.07) is 22.9. The Labute approximate surface area is 274 Å². The fraction of sp³-hybridized carbons (Fsp3) is 0.194. The maximum Gasteiger partial charge on any atom is 0.346 e. The van der Waals surface area contributed by atoms with Gasteiger partial charge in [-0.2, -0.15) is 7.82 Å². The lowest BCUT2D eigenvalue weighted by Gasteiger charge is -2.36. The number of nitrogens with two attached hydrogens (primary N) is 2. The first-order valence-electron chi connectivity index (χ1n) is 14.1. The van der Waals surface area contributed by atoms with Crippen LogP contribution in [0.4, 0.5) is 5.82 Å². The van der Waals surface area contributed by atoms with Gasteiger partial charge in [0, 0.05) is 19.0 Å². The zero-order valence-electron chi connectivity index (χ0n) is 25.3. The number of amides is 2. The number of H-pyrrole nitrogens is 1. The third kappa shape index (κ3) is 16.3. The predicted molar refractivity (Wildman–Crippen MR) is 168 cm³/mol. The van der Waals surface area contributed by atoms with E-state index in [-0.39, 0.29) is 18.6 Å². The van der Waals surface area contributed by atoms with E-state index in [1.807, 2.05) is 60.7 Å². The normalized spacial score (nSPS) is 12.4. The minimum Gasteiger partial charge on any atom is -0.822 e. The van der Waals surface area contributed by atoms with Gasteiger partial charge in [0.2, 0.25) is 11.8 Å². The number of rotatable bonds is 11. The third-order valence-corrected chi connectivity index (χ3v) is 6.24. The van der Waals surface area contributed by atoms with Crippen LogP contribution in [0.25, 0.3) is 0 Å². The van der Waals surface area contributed by atoms with Gasteiger partial charge in [0.1, 0.15) is 23.7 Å². The quantitative estimate of drug-likeness (QED) is 0.0872. The van der Waals surface area contributed by atoms with Gasteiger partial charge >= 0.3 is 11.7 Å². The molecule has 1 heterocycles. The van der Waals surface area contributed by atoms with Crippen LogP contribution < -0.4 is 42.5 Å². The summed E-state index contributed by atoms with van der Waals surface area (Å²) < 4.78 is 8.55. The molecule has 1 aromatic heterocycles. The van der Waals surface area contributed by atoms with Crippen molar-refractivity contribution >= 4 is 31.4 Å². The molecule has 0 saturated heterocycles. The first-order chi connectivity index (χ1) is 22.6. The second-order valence-electron chi connectivity index (χ2n) is 10.1. The number of nitrogen functional groups attached to an aromatic ring is 1. The van der Waals surface area contributed by atoms with Gasteiger partial charge in [-0.15, -0.1) is 0 Å². The van der Waals surface area contributed by atoms with E-state index < -0.39 is 49.4 Å². The minimum absolute atomic E-state index is 0.0148. The number of carbonyl (C=O) groups is 3. The summed E-state index contributed by atoms with van der Waals surface area (Å²) in [7, 11) is -5.39. The van der Waals surface area contributed by atoms with Gasteiger partial charge in [0.05, 0.1) is 6.04 Å².